The lowest BCUT2D eigenvalue weighted by Crippen LogP contribution is -2.51. The smallest absolute Gasteiger partial charge is 0.253 e. The molecule has 2 fully saturated rings. The van der Waals surface area contributed by atoms with Crippen molar-refractivity contribution in [3.8, 4) is 17.1 Å². The van der Waals surface area contributed by atoms with Crippen LogP contribution in [0.25, 0.3) is 11.3 Å². The zero-order chi connectivity index (χ0) is 18.8. The summed E-state index contributed by atoms with van der Waals surface area (Å²) in [4.78, 5) is 28.6. The number of methoxy groups -OCH3 is 1. The van der Waals surface area contributed by atoms with Gasteiger partial charge in [0.15, 0.2) is 0 Å². The van der Waals surface area contributed by atoms with Crippen molar-refractivity contribution >= 4 is 11.8 Å². The van der Waals surface area contributed by atoms with E-state index >= 15 is 0 Å². The Labute approximate surface area is 157 Å². The molecule has 1 saturated heterocycles. The van der Waals surface area contributed by atoms with Gasteiger partial charge in [0, 0.05) is 49.3 Å². The summed E-state index contributed by atoms with van der Waals surface area (Å²) < 4.78 is 5.01. The largest absolute Gasteiger partial charge is 0.480 e. The molecule has 0 N–H and O–H groups in total. The van der Waals surface area contributed by atoms with Gasteiger partial charge in [-0.1, -0.05) is 12.1 Å². The topological polar surface area (TPSA) is 75.6 Å². The molecular weight excluding hydrogens is 344 g/mol. The predicted molar refractivity (Wildman–Crippen MR) is 99.2 cm³/mol. The van der Waals surface area contributed by atoms with E-state index in [1.54, 1.807) is 13.2 Å². The Morgan fingerprint density at radius 1 is 0.926 bits per heavy atom. The lowest BCUT2D eigenvalue weighted by Gasteiger charge is -2.35. The van der Waals surface area contributed by atoms with Crippen LogP contribution in [0.15, 0.2) is 36.4 Å². The van der Waals surface area contributed by atoms with Crippen molar-refractivity contribution < 1.29 is 14.3 Å². The van der Waals surface area contributed by atoms with E-state index in [2.05, 4.69) is 10.2 Å². The molecule has 0 radical (unpaired) electrons. The number of carbonyl (C=O) groups is 2. The molecule has 7 nitrogen and oxygen atoms in total. The summed E-state index contributed by atoms with van der Waals surface area (Å²) in [5.41, 5.74) is 2.26. The minimum Gasteiger partial charge on any atom is -0.480 e. The van der Waals surface area contributed by atoms with Gasteiger partial charge in [0.1, 0.15) is 0 Å². The number of hydrogen-bond donors (Lipinski definition) is 0. The summed E-state index contributed by atoms with van der Waals surface area (Å²) in [6, 6.07) is 11.0. The van der Waals surface area contributed by atoms with E-state index in [4.69, 9.17) is 4.74 Å². The summed E-state index contributed by atoms with van der Waals surface area (Å²) in [5.74, 6) is 0.957. The van der Waals surface area contributed by atoms with E-state index in [0.717, 1.165) is 24.1 Å². The van der Waals surface area contributed by atoms with E-state index in [-0.39, 0.29) is 17.7 Å². The van der Waals surface area contributed by atoms with Gasteiger partial charge >= 0.3 is 0 Å². The Kier molecular flexibility index (Phi) is 4.75. The predicted octanol–water partition coefficient (Wildman–Crippen LogP) is 1.85. The average Bonchev–Trinajstić information content (AvgIpc) is 3.58. The number of piperazine rings is 1. The quantitative estimate of drug-likeness (QED) is 0.825. The molecule has 0 atom stereocenters. The van der Waals surface area contributed by atoms with Crippen LogP contribution in [0.2, 0.25) is 0 Å². The van der Waals surface area contributed by atoms with Gasteiger partial charge in [-0.2, -0.15) is 0 Å². The average molecular weight is 366 g/mol. The first-order chi connectivity index (χ1) is 13.2. The highest BCUT2D eigenvalue weighted by atomic mass is 16.5. The summed E-state index contributed by atoms with van der Waals surface area (Å²) in [6.45, 7) is 2.42. The van der Waals surface area contributed by atoms with Crippen molar-refractivity contribution in [2.24, 2.45) is 5.92 Å². The molecule has 140 valence electrons. The summed E-state index contributed by atoms with van der Waals surface area (Å²) in [7, 11) is 1.55. The van der Waals surface area contributed by atoms with Crippen LogP contribution in [0.1, 0.15) is 23.2 Å². The molecule has 0 bridgehead atoms. The molecule has 1 aromatic heterocycles. The molecule has 2 heterocycles. The molecule has 27 heavy (non-hydrogen) atoms. The Morgan fingerprint density at radius 2 is 1.59 bits per heavy atom. The Morgan fingerprint density at radius 3 is 2.15 bits per heavy atom. The Bertz CT molecular complexity index is 823. The van der Waals surface area contributed by atoms with E-state index in [1.807, 2.05) is 40.1 Å². The highest BCUT2D eigenvalue weighted by Gasteiger charge is 2.35. The third-order valence-electron chi connectivity index (χ3n) is 5.08. The zero-order valence-corrected chi connectivity index (χ0v) is 15.3. The number of benzene rings is 1. The molecule has 1 saturated carbocycles. The zero-order valence-electron chi connectivity index (χ0n) is 15.3. The molecular formula is C20H22N4O3. The number of nitrogens with zero attached hydrogens (tertiary/aromatic N) is 4. The van der Waals surface area contributed by atoms with Crippen LogP contribution >= 0.6 is 0 Å². The van der Waals surface area contributed by atoms with E-state index in [0.29, 0.717) is 37.6 Å². The molecule has 2 aliphatic rings. The van der Waals surface area contributed by atoms with Crippen molar-refractivity contribution in [1.82, 2.24) is 20.0 Å². The van der Waals surface area contributed by atoms with Crippen molar-refractivity contribution in [2.45, 2.75) is 12.8 Å². The molecule has 0 spiro atoms. The van der Waals surface area contributed by atoms with Gasteiger partial charge in [0.2, 0.25) is 11.8 Å². The number of aromatic nitrogens is 2. The normalized spacial score (nSPS) is 16.9. The van der Waals surface area contributed by atoms with Gasteiger partial charge in [-0.05, 0) is 31.0 Å². The first-order valence-corrected chi connectivity index (χ1v) is 9.22. The van der Waals surface area contributed by atoms with Crippen LogP contribution in [0.4, 0.5) is 0 Å². The van der Waals surface area contributed by atoms with Crippen LogP contribution in [0.5, 0.6) is 5.88 Å². The van der Waals surface area contributed by atoms with Crippen LogP contribution in [-0.2, 0) is 4.79 Å². The molecule has 1 aliphatic carbocycles. The van der Waals surface area contributed by atoms with Gasteiger partial charge in [-0.3, -0.25) is 9.59 Å². The third kappa shape index (κ3) is 3.77. The second-order valence-electron chi connectivity index (χ2n) is 6.93. The van der Waals surface area contributed by atoms with Crippen molar-refractivity contribution in [1.29, 1.82) is 0 Å². The highest BCUT2D eigenvalue weighted by Crippen LogP contribution is 2.31. The number of rotatable bonds is 4. The van der Waals surface area contributed by atoms with Gasteiger partial charge in [-0.15, -0.1) is 10.2 Å². The maximum absolute atomic E-state index is 12.7. The fourth-order valence-corrected chi connectivity index (χ4v) is 3.27. The van der Waals surface area contributed by atoms with Crippen LogP contribution in [-0.4, -0.2) is 65.1 Å². The maximum Gasteiger partial charge on any atom is 0.253 e. The highest BCUT2D eigenvalue weighted by molar-refractivity contribution is 5.95. The van der Waals surface area contributed by atoms with Gasteiger partial charge < -0.3 is 14.5 Å². The molecule has 1 aromatic carbocycles. The maximum atomic E-state index is 12.7. The number of carbonyl (C=O) groups excluding carboxylic acids is 2. The summed E-state index contributed by atoms with van der Waals surface area (Å²) in [6.07, 6.45) is 2.03. The van der Waals surface area contributed by atoms with E-state index in [1.165, 1.54) is 0 Å². The third-order valence-corrected chi connectivity index (χ3v) is 5.08. The molecule has 2 aromatic rings. The molecule has 2 amide bonds. The van der Waals surface area contributed by atoms with Crippen molar-refractivity contribution in [3.63, 3.8) is 0 Å². The second-order valence-corrected chi connectivity index (χ2v) is 6.93. The monoisotopic (exact) mass is 366 g/mol. The van der Waals surface area contributed by atoms with E-state index < -0.39 is 0 Å². The molecule has 0 unspecified atom stereocenters. The lowest BCUT2D eigenvalue weighted by atomic mass is 10.1. The molecule has 7 heteroatoms. The fraction of sp³-hybridized carbons (Fsp3) is 0.400. The number of hydrogen-bond acceptors (Lipinski definition) is 5. The SMILES string of the molecule is COc1ccc(-c2ccc(C(=O)N3CCN(C(=O)C4CC4)CC3)cc2)nn1. The van der Waals surface area contributed by atoms with Gasteiger partial charge in [0.05, 0.1) is 12.8 Å². The van der Waals surface area contributed by atoms with Gasteiger partial charge in [0.25, 0.3) is 5.91 Å². The molecule has 1 aliphatic heterocycles. The number of amides is 2. The minimum atomic E-state index is 0.000820. The van der Waals surface area contributed by atoms with Crippen LogP contribution in [0.3, 0.4) is 0 Å². The van der Waals surface area contributed by atoms with Gasteiger partial charge in [-0.25, -0.2) is 0 Å². The van der Waals surface area contributed by atoms with Crippen LogP contribution in [0, 0.1) is 5.92 Å². The first-order valence-electron chi connectivity index (χ1n) is 9.22. The van der Waals surface area contributed by atoms with Crippen LogP contribution < -0.4 is 4.74 Å². The second kappa shape index (κ2) is 7.34. The summed E-state index contributed by atoms with van der Waals surface area (Å²) in [5, 5.41) is 8.08. The number of ether oxygens (including phenoxy) is 1. The Balaban J connectivity index is 1.38. The summed E-state index contributed by atoms with van der Waals surface area (Å²) >= 11 is 0. The fourth-order valence-electron chi connectivity index (χ4n) is 3.27. The van der Waals surface area contributed by atoms with E-state index in [9.17, 15) is 9.59 Å². The van der Waals surface area contributed by atoms with Crippen molar-refractivity contribution in [2.75, 3.05) is 33.3 Å². The minimum absolute atomic E-state index is 0.000820. The lowest BCUT2D eigenvalue weighted by molar-refractivity contribution is -0.134. The molecule has 4 rings (SSSR count). The first kappa shape index (κ1) is 17.5. The standard InChI is InChI=1S/C20H22N4O3/c1-27-18-9-8-17(21-22-18)14-2-4-15(5-3-14)19(25)23-10-12-24(13-11-23)20(26)16-6-7-16/h2-5,8-9,16H,6-7,10-13H2,1H3. The van der Waals surface area contributed by atoms with Crippen molar-refractivity contribution in [3.05, 3.63) is 42.0 Å². The Hall–Kier alpha value is -2.96.